The Morgan fingerprint density at radius 1 is 1.15 bits per heavy atom. The summed E-state index contributed by atoms with van der Waals surface area (Å²) in [6, 6.07) is 10.4. The first-order valence-electron chi connectivity index (χ1n) is 7.66. The van der Waals surface area contributed by atoms with Gasteiger partial charge < -0.3 is 10.2 Å². The van der Waals surface area contributed by atoms with Crippen molar-refractivity contribution in [1.29, 1.82) is 0 Å². The summed E-state index contributed by atoms with van der Waals surface area (Å²) in [5.41, 5.74) is 0.949. The van der Waals surface area contributed by atoms with Gasteiger partial charge in [0.05, 0.1) is 20.9 Å². The van der Waals surface area contributed by atoms with Gasteiger partial charge in [-0.05, 0) is 30.3 Å². The second kappa shape index (κ2) is 7.31. The van der Waals surface area contributed by atoms with Gasteiger partial charge in [0.1, 0.15) is 0 Å². The third-order valence-corrected chi connectivity index (χ3v) is 4.79. The third kappa shape index (κ3) is 3.79. The quantitative estimate of drug-likeness (QED) is 0.629. The van der Waals surface area contributed by atoms with Crippen molar-refractivity contribution in [3.63, 3.8) is 0 Å². The van der Waals surface area contributed by atoms with Crippen LogP contribution in [0.3, 0.4) is 0 Å². The number of nitro benzene ring substituents is 1. The molecule has 1 saturated heterocycles. The van der Waals surface area contributed by atoms with E-state index in [4.69, 9.17) is 23.2 Å². The molecule has 0 radical (unpaired) electrons. The Labute approximate surface area is 158 Å². The Morgan fingerprint density at radius 2 is 1.85 bits per heavy atom. The summed E-state index contributed by atoms with van der Waals surface area (Å²) in [5, 5.41) is 14.1. The second-order valence-corrected chi connectivity index (χ2v) is 6.61. The predicted molar refractivity (Wildman–Crippen MR) is 98.6 cm³/mol. The predicted octanol–water partition coefficient (Wildman–Crippen LogP) is 3.89. The van der Waals surface area contributed by atoms with E-state index in [1.54, 1.807) is 12.1 Å². The Morgan fingerprint density at radius 3 is 2.46 bits per heavy atom. The molecular weight excluding hydrogens is 381 g/mol. The number of hydrogen-bond acceptors (Lipinski definition) is 4. The lowest BCUT2D eigenvalue weighted by molar-refractivity contribution is -0.384. The number of hydrogen-bond donors (Lipinski definition) is 1. The molecule has 9 heteroatoms. The Kier molecular flexibility index (Phi) is 5.11. The van der Waals surface area contributed by atoms with Crippen LogP contribution in [-0.4, -0.2) is 23.3 Å². The molecule has 1 aliphatic rings. The summed E-state index contributed by atoms with van der Waals surface area (Å²) in [6.45, 7) is 0.198. The van der Waals surface area contributed by atoms with Crippen LogP contribution in [0, 0.1) is 16.0 Å². The van der Waals surface area contributed by atoms with Gasteiger partial charge in [0.15, 0.2) is 0 Å². The zero-order valence-electron chi connectivity index (χ0n) is 13.3. The van der Waals surface area contributed by atoms with E-state index in [1.807, 2.05) is 0 Å². The van der Waals surface area contributed by atoms with Crippen molar-refractivity contribution in [2.24, 2.45) is 5.92 Å². The maximum absolute atomic E-state index is 12.4. The first-order chi connectivity index (χ1) is 12.3. The van der Waals surface area contributed by atoms with Gasteiger partial charge in [-0.2, -0.15) is 0 Å². The van der Waals surface area contributed by atoms with Crippen molar-refractivity contribution < 1.29 is 14.5 Å². The number of carbonyl (C=O) groups excluding carboxylic acids is 2. The number of carbonyl (C=O) groups is 2. The number of anilines is 2. The third-order valence-electron chi connectivity index (χ3n) is 4.06. The highest BCUT2D eigenvalue weighted by molar-refractivity contribution is 6.42. The van der Waals surface area contributed by atoms with Crippen LogP contribution in [-0.2, 0) is 9.59 Å². The lowest BCUT2D eigenvalue weighted by Crippen LogP contribution is -2.28. The molecule has 2 amide bonds. The standard InChI is InChI=1S/C17H13Cl2N3O4/c18-14-6-1-11(8-15(14)19)20-17(24)10-7-16(23)21(9-10)12-2-4-13(5-3-12)22(25)26/h1-6,8,10H,7,9H2,(H,20,24)/t10-/m1/s1. The van der Waals surface area contributed by atoms with E-state index in [0.29, 0.717) is 21.4 Å². The topological polar surface area (TPSA) is 92.6 Å². The van der Waals surface area contributed by atoms with Crippen molar-refractivity contribution in [2.45, 2.75) is 6.42 Å². The first-order valence-corrected chi connectivity index (χ1v) is 8.41. The van der Waals surface area contributed by atoms with Crippen molar-refractivity contribution in [3.8, 4) is 0 Å². The minimum absolute atomic E-state index is 0.0597. The Balaban J connectivity index is 1.69. The average Bonchev–Trinajstić information content (AvgIpc) is 3.00. The van der Waals surface area contributed by atoms with Crippen LogP contribution in [0.15, 0.2) is 42.5 Å². The molecule has 26 heavy (non-hydrogen) atoms. The lowest BCUT2D eigenvalue weighted by atomic mass is 10.1. The van der Waals surface area contributed by atoms with Gasteiger partial charge >= 0.3 is 0 Å². The normalized spacial score (nSPS) is 16.6. The van der Waals surface area contributed by atoms with E-state index in [2.05, 4.69) is 5.32 Å². The van der Waals surface area contributed by atoms with Crippen LogP contribution in [0.1, 0.15) is 6.42 Å². The molecule has 0 saturated carbocycles. The molecule has 1 N–H and O–H groups in total. The van der Waals surface area contributed by atoms with Crippen LogP contribution in [0.25, 0.3) is 0 Å². The molecule has 134 valence electrons. The Bertz CT molecular complexity index is 886. The van der Waals surface area contributed by atoms with Gasteiger partial charge in [-0.15, -0.1) is 0 Å². The molecule has 1 fully saturated rings. The lowest BCUT2D eigenvalue weighted by Gasteiger charge is -2.16. The molecule has 0 aromatic heterocycles. The smallest absolute Gasteiger partial charge is 0.269 e. The van der Waals surface area contributed by atoms with E-state index < -0.39 is 10.8 Å². The summed E-state index contributed by atoms with van der Waals surface area (Å²) in [4.78, 5) is 36.3. The summed E-state index contributed by atoms with van der Waals surface area (Å²) >= 11 is 11.8. The van der Waals surface area contributed by atoms with Gasteiger partial charge in [0.2, 0.25) is 11.8 Å². The second-order valence-electron chi connectivity index (χ2n) is 5.80. The Hall–Kier alpha value is -2.64. The number of nitro groups is 1. The van der Waals surface area contributed by atoms with E-state index in [1.165, 1.54) is 35.2 Å². The van der Waals surface area contributed by atoms with Crippen LogP contribution < -0.4 is 10.2 Å². The van der Waals surface area contributed by atoms with Gasteiger partial charge in [-0.3, -0.25) is 19.7 Å². The van der Waals surface area contributed by atoms with Gasteiger partial charge in [0, 0.05) is 36.5 Å². The number of amides is 2. The molecule has 0 unspecified atom stereocenters. The van der Waals surface area contributed by atoms with E-state index in [0.717, 1.165) is 0 Å². The highest BCUT2D eigenvalue weighted by Crippen LogP contribution is 2.29. The van der Waals surface area contributed by atoms with E-state index >= 15 is 0 Å². The fourth-order valence-corrected chi connectivity index (χ4v) is 3.00. The molecule has 7 nitrogen and oxygen atoms in total. The zero-order chi connectivity index (χ0) is 18.8. The summed E-state index contributed by atoms with van der Waals surface area (Å²) in [5.74, 6) is -1.05. The summed E-state index contributed by atoms with van der Waals surface area (Å²) in [7, 11) is 0. The van der Waals surface area contributed by atoms with Crippen LogP contribution in [0.4, 0.5) is 17.1 Å². The zero-order valence-corrected chi connectivity index (χ0v) is 14.8. The molecule has 0 aliphatic carbocycles. The highest BCUT2D eigenvalue weighted by Gasteiger charge is 2.35. The molecule has 0 spiro atoms. The van der Waals surface area contributed by atoms with Crippen LogP contribution >= 0.6 is 23.2 Å². The van der Waals surface area contributed by atoms with Gasteiger partial charge in [-0.1, -0.05) is 23.2 Å². The first kappa shape index (κ1) is 18.2. The monoisotopic (exact) mass is 393 g/mol. The van der Waals surface area contributed by atoms with Crippen LogP contribution in [0.2, 0.25) is 10.0 Å². The van der Waals surface area contributed by atoms with E-state index in [-0.39, 0.29) is 30.5 Å². The molecule has 1 heterocycles. The number of halogens is 2. The molecule has 2 aromatic rings. The van der Waals surface area contributed by atoms with Gasteiger partial charge in [-0.25, -0.2) is 0 Å². The summed E-state index contributed by atoms with van der Waals surface area (Å²) in [6.07, 6.45) is 0.0597. The number of benzene rings is 2. The van der Waals surface area contributed by atoms with Crippen LogP contribution in [0.5, 0.6) is 0 Å². The number of non-ortho nitro benzene ring substituents is 1. The highest BCUT2D eigenvalue weighted by atomic mass is 35.5. The molecule has 2 aromatic carbocycles. The van der Waals surface area contributed by atoms with E-state index in [9.17, 15) is 19.7 Å². The van der Waals surface area contributed by atoms with Crippen molar-refractivity contribution >= 4 is 52.1 Å². The number of nitrogens with one attached hydrogen (secondary N) is 1. The number of rotatable bonds is 4. The van der Waals surface area contributed by atoms with Crippen molar-refractivity contribution in [2.75, 3.05) is 16.8 Å². The maximum atomic E-state index is 12.4. The molecule has 3 rings (SSSR count). The van der Waals surface area contributed by atoms with Gasteiger partial charge in [0.25, 0.3) is 5.69 Å². The molecule has 1 atom stereocenters. The molecular formula is C17H13Cl2N3O4. The van der Waals surface area contributed by atoms with Crippen molar-refractivity contribution in [3.05, 3.63) is 62.6 Å². The number of nitrogens with zero attached hydrogens (tertiary/aromatic N) is 2. The summed E-state index contributed by atoms with van der Waals surface area (Å²) < 4.78 is 0. The minimum Gasteiger partial charge on any atom is -0.326 e. The fraction of sp³-hybridized carbons (Fsp3) is 0.176. The fourth-order valence-electron chi connectivity index (χ4n) is 2.71. The maximum Gasteiger partial charge on any atom is 0.269 e. The molecule has 1 aliphatic heterocycles. The minimum atomic E-state index is -0.535. The van der Waals surface area contributed by atoms with Crippen molar-refractivity contribution in [1.82, 2.24) is 0 Å². The SMILES string of the molecule is O=C(Nc1ccc(Cl)c(Cl)c1)[C@@H]1CC(=O)N(c2ccc([N+](=O)[O-])cc2)C1. The molecule has 0 bridgehead atoms. The average molecular weight is 394 g/mol. The largest absolute Gasteiger partial charge is 0.326 e.